The average molecular weight is 312 g/mol. The van der Waals surface area contributed by atoms with Crippen molar-refractivity contribution in [1.82, 2.24) is 9.88 Å². The predicted molar refractivity (Wildman–Crippen MR) is 86.2 cm³/mol. The molecule has 1 aromatic carbocycles. The van der Waals surface area contributed by atoms with Crippen molar-refractivity contribution in [2.75, 3.05) is 13.2 Å². The van der Waals surface area contributed by atoms with Crippen molar-refractivity contribution in [3.05, 3.63) is 59.9 Å². The molecular formula is C18H20N2O3. The van der Waals surface area contributed by atoms with E-state index in [1.54, 1.807) is 11.1 Å². The Balaban J connectivity index is 1.45. The molecule has 0 saturated carbocycles. The molecule has 5 nitrogen and oxygen atoms in total. The third-order valence-electron chi connectivity index (χ3n) is 3.91. The topological polar surface area (TPSA) is 51.7 Å². The van der Waals surface area contributed by atoms with Gasteiger partial charge in [0.05, 0.1) is 12.2 Å². The van der Waals surface area contributed by atoms with E-state index >= 15 is 0 Å². The summed E-state index contributed by atoms with van der Waals surface area (Å²) in [6.45, 7) is 3.41. The van der Waals surface area contributed by atoms with Gasteiger partial charge in [-0.3, -0.25) is 4.98 Å². The number of rotatable bonds is 5. The molecule has 2 aromatic rings. The summed E-state index contributed by atoms with van der Waals surface area (Å²) in [6, 6.07) is 13.5. The lowest BCUT2D eigenvalue weighted by Crippen LogP contribution is -2.54. The van der Waals surface area contributed by atoms with E-state index in [0.717, 1.165) is 23.4 Å². The molecule has 3 rings (SSSR count). The number of carbonyl (C=O) groups excluding carboxylic acids is 1. The molecule has 1 atom stereocenters. The Hall–Kier alpha value is -2.56. The second-order valence-corrected chi connectivity index (χ2v) is 5.62. The Labute approximate surface area is 135 Å². The molecule has 1 aromatic heterocycles. The second-order valence-electron chi connectivity index (χ2n) is 5.62. The van der Waals surface area contributed by atoms with Gasteiger partial charge < -0.3 is 14.4 Å². The Bertz CT molecular complexity index is 643. The summed E-state index contributed by atoms with van der Waals surface area (Å²) in [5.41, 5.74) is 1.94. The maximum Gasteiger partial charge on any atom is 0.410 e. The van der Waals surface area contributed by atoms with Crippen LogP contribution in [0, 0.1) is 6.92 Å². The highest BCUT2D eigenvalue weighted by Crippen LogP contribution is 2.20. The molecule has 0 N–H and O–H groups in total. The zero-order valence-corrected chi connectivity index (χ0v) is 13.1. The summed E-state index contributed by atoms with van der Waals surface area (Å²) in [4.78, 5) is 18.0. The predicted octanol–water partition coefficient (Wildman–Crippen LogP) is 3.18. The minimum atomic E-state index is -0.282. The molecule has 120 valence electrons. The van der Waals surface area contributed by atoms with Crippen LogP contribution in [0.3, 0.4) is 0 Å². The number of benzene rings is 1. The van der Waals surface area contributed by atoms with Crippen molar-refractivity contribution in [2.45, 2.75) is 26.0 Å². The van der Waals surface area contributed by atoms with Gasteiger partial charge in [-0.1, -0.05) is 30.3 Å². The number of ether oxygens (including phenoxy) is 2. The van der Waals surface area contributed by atoms with Crippen molar-refractivity contribution >= 4 is 6.09 Å². The molecule has 1 fully saturated rings. The normalized spacial score (nSPS) is 16.6. The van der Waals surface area contributed by atoms with E-state index in [4.69, 9.17) is 9.47 Å². The monoisotopic (exact) mass is 312 g/mol. The van der Waals surface area contributed by atoms with E-state index in [-0.39, 0.29) is 12.1 Å². The van der Waals surface area contributed by atoms with Gasteiger partial charge in [-0.15, -0.1) is 0 Å². The number of likely N-dealkylation sites (tertiary alicyclic amines) is 1. The molecule has 0 unspecified atom stereocenters. The number of hydrogen-bond acceptors (Lipinski definition) is 4. The van der Waals surface area contributed by atoms with E-state index in [1.165, 1.54) is 0 Å². The fraction of sp³-hybridized carbons (Fsp3) is 0.333. The van der Waals surface area contributed by atoms with Crippen molar-refractivity contribution < 1.29 is 14.3 Å². The molecule has 1 saturated heterocycles. The van der Waals surface area contributed by atoms with E-state index in [2.05, 4.69) is 4.98 Å². The molecule has 23 heavy (non-hydrogen) atoms. The Morgan fingerprint density at radius 3 is 2.74 bits per heavy atom. The summed E-state index contributed by atoms with van der Waals surface area (Å²) in [7, 11) is 0. The minimum absolute atomic E-state index is 0.0691. The van der Waals surface area contributed by atoms with Gasteiger partial charge in [0.1, 0.15) is 19.0 Å². The van der Waals surface area contributed by atoms with Crippen LogP contribution in [0.5, 0.6) is 5.75 Å². The summed E-state index contributed by atoms with van der Waals surface area (Å²) in [6.07, 6.45) is 2.35. The third kappa shape index (κ3) is 4.00. The first-order valence-electron chi connectivity index (χ1n) is 7.75. The fourth-order valence-electron chi connectivity index (χ4n) is 2.39. The highest BCUT2D eigenvalue weighted by Gasteiger charge is 2.33. The first-order chi connectivity index (χ1) is 11.2. The van der Waals surface area contributed by atoms with Gasteiger partial charge in [0.25, 0.3) is 0 Å². The van der Waals surface area contributed by atoms with Crippen molar-refractivity contribution in [3.8, 4) is 5.75 Å². The number of carbonyl (C=O) groups is 1. The number of nitrogens with zero attached hydrogens (tertiary/aromatic N) is 2. The van der Waals surface area contributed by atoms with Crippen LogP contribution in [0.1, 0.15) is 17.7 Å². The van der Waals surface area contributed by atoms with Crippen LogP contribution in [-0.4, -0.2) is 35.2 Å². The summed E-state index contributed by atoms with van der Waals surface area (Å²) in [5.74, 6) is 0.722. The first kappa shape index (κ1) is 15.3. The Morgan fingerprint density at radius 2 is 2.09 bits per heavy atom. The van der Waals surface area contributed by atoms with Gasteiger partial charge in [0, 0.05) is 12.2 Å². The average Bonchev–Trinajstić information content (AvgIpc) is 2.55. The molecule has 0 radical (unpaired) electrons. The molecule has 0 bridgehead atoms. The van der Waals surface area contributed by atoms with Crippen LogP contribution >= 0.6 is 0 Å². The van der Waals surface area contributed by atoms with Gasteiger partial charge in [-0.05, 0) is 31.0 Å². The summed E-state index contributed by atoms with van der Waals surface area (Å²) < 4.78 is 11.0. The van der Waals surface area contributed by atoms with Gasteiger partial charge in [-0.2, -0.15) is 0 Å². The molecule has 1 aliphatic rings. The van der Waals surface area contributed by atoms with Crippen LogP contribution in [0.2, 0.25) is 0 Å². The quantitative estimate of drug-likeness (QED) is 0.851. The first-order valence-corrected chi connectivity index (χ1v) is 7.75. The van der Waals surface area contributed by atoms with Gasteiger partial charge >= 0.3 is 6.09 Å². The number of amides is 1. The second kappa shape index (κ2) is 7.13. The maximum absolute atomic E-state index is 12.1. The zero-order valence-electron chi connectivity index (χ0n) is 13.1. The molecule has 5 heteroatoms. The summed E-state index contributed by atoms with van der Waals surface area (Å²) >= 11 is 0. The highest BCUT2D eigenvalue weighted by molar-refractivity contribution is 5.69. The van der Waals surface area contributed by atoms with Gasteiger partial charge in [-0.25, -0.2) is 4.79 Å². The molecule has 0 aliphatic carbocycles. The lowest BCUT2D eigenvalue weighted by Gasteiger charge is -2.39. The van der Waals surface area contributed by atoms with Crippen LogP contribution in [0.15, 0.2) is 48.7 Å². The number of aryl methyl sites for hydroxylation is 1. The van der Waals surface area contributed by atoms with Gasteiger partial charge in [0.2, 0.25) is 0 Å². The van der Waals surface area contributed by atoms with E-state index in [1.807, 2.05) is 49.4 Å². The lowest BCUT2D eigenvalue weighted by atomic mass is 10.1. The molecule has 2 heterocycles. The van der Waals surface area contributed by atoms with Crippen LogP contribution in [-0.2, 0) is 11.3 Å². The molecule has 0 spiro atoms. The number of pyridine rings is 1. The Morgan fingerprint density at radius 1 is 1.26 bits per heavy atom. The Kier molecular flexibility index (Phi) is 4.76. The van der Waals surface area contributed by atoms with E-state index in [0.29, 0.717) is 19.8 Å². The van der Waals surface area contributed by atoms with Crippen molar-refractivity contribution in [2.24, 2.45) is 0 Å². The highest BCUT2D eigenvalue weighted by atomic mass is 16.6. The number of aromatic nitrogens is 1. The standard InChI is InChI=1S/C18H20N2O3/c1-14-7-8-17(11-19-14)22-13-16-9-10-20(16)18(21)23-12-15-5-3-2-4-6-15/h2-8,11,16H,9-10,12-13H2,1H3/t16-/m1/s1. The van der Waals surface area contributed by atoms with E-state index < -0.39 is 0 Å². The van der Waals surface area contributed by atoms with Crippen LogP contribution in [0.4, 0.5) is 4.79 Å². The summed E-state index contributed by atoms with van der Waals surface area (Å²) in [5, 5.41) is 0. The van der Waals surface area contributed by atoms with E-state index in [9.17, 15) is 4.79 Å². The maximum atomic E-state index is 12.1. The fourth-order valence-corrected chi connectivity index (χ4v) is 2.39. The lowest BCUT2D eigenvalue weighted by molar-refractivity contribution is 0.0259. The SMILES string of the molecule is Cc1ccc(OC[C@H]2CCN2C(=O)OCc2ccccc2)cn1. The molecule has 1 aliphatic heterocycles. The zero-order chi connectivity index (χ0) is 16.1. The number of hydrogen-bond donors (Lipinski definition) is 0. The third-order valence-corrected chi connectivity index (χ3v) is 3.91. The smallest absolute Gasteiger partial charge is 0.410 e. The molecular weight excluding hydrogens is 292 g/mol. The minimum Gasteiger partial charge on any atom is -0.490 e. The van der Waals surface area contributed by atoms with Crippen molar-refractivity contribution in [3.63, 3.8) is 0 Å². The molecule has 1 amide bonds. The van der Waals surface area contributed by atoms with Gasteiger partial charge in [0.15, 0.2) is 0 Å². The largest absolute Gasteiger partial charge is 0.490 e. The van der Waals surface area contributed by atoms with Crippen LogP contribution in [0.25, 0.3) is 0 Å². The van der Waals surface area contributed by atoms with Crippen LogP contribution < -0.4 is 4.74 Å². The van der Waals surface area contributed by atoms with Crippen molar-refractivity contribution in [1.29, 1.82) is 0 Å².